The predicted molar refractivity (Wildman–Crippen MR) is 94.3 cm³/mol. The van der Waals surface area contributed by atoms with Gasteiger partial charge in [0.15, 0.2) is 0 Å². The molecular weight excluding hydrogens is 284 g/mol. The van der Waals surface area contributed by atoms with E-state index in [1.54, 1.807) is 6.92 Å². The van der Waals surface area contributed by atoms with Gasteiger partial charge in [-0.25, -0.2) is 0 Å². The molecule has 0 aromatic heterocycles. The highest BCUT2D eigenvalue weighted by molar-refractivity contribution is 5.73. The third-order valence-electron chi connectivity index (χ3n) is 5.68. The molecule has 3 rings (SSSR count). The molecule has 0 radical (unpaired) electrons. The monoisotopic (exact) mass is 314 g/mol. The zero-order chi connectivity index (χ0) is 16.4. The van der Waals surface area contributed by atoms with Crippen LogP contribution in [0.4, 0.5) is 0 Å². The summed E-state index contributed by atoms with van der Waals surface area (Å²) in [6, 6.07) is 9.11. The molecule has 2 saturated heterocycles. The van der Waals surface area contributed by atoms with Crippen LogP contribution in [-0.4, -0.2) is 41.9 Å². The largest absolute Gasteiger partial charge is 0.342 e. The van der Waals surface area contributed by atoms with Gasteiger partial charge in [0, 0.05) is 38.5 Å². The Hall–Kier alpha value is -1.35. The van der Waals surface area contributed by atoms with Gasteiger partial charge in [-0.1, -0.05) is 38.1 Å². The molecule has 3 nitrogen and oxygen atoms in total. The molecule has 0 N–H and O–H groups in total. The van der Waals surface area contributed by atoms with E-state index in [0.29, 0.717) is 11.3 Å². The number of nitrogens with zero attached hydrogens (tertiary/aromatic N) is 2. The first-order valence-corrected chi connectivity index (χ1v) is 9.04. The molecule has 2 heterocycles. The molecule has 2 fully saturated rings. The Morgan fingerprint density at radius 1 is 1.13 bits per heavy atom. The van der Waals surface area contributed by atoms with Gasteiger partial charge in [0.05, 0.1) is 0 Å². The Kier molecular flexibility index (Phi) is 4.77. The van der Waals surface area contributed by atoms with Crippen LogP contribution < -0.4 is 0 Å². The van der Waals surface area contributed by atoms with Crippen molar-refractivity contribution in [2.75, 3.05) is 26.2 Å². The molecule has 1 amide bonds. The third-order valence-corrected chi connectivity index (χ3v) is 5.68. The average molecular weight is 314 g/mol. The van der Waals surface area contributed by atoms with Crippen molar-refractivity contribution in [2.24, 2.45) is 5.41 Å². The summed E-state index contributed by atoms with van der Waals surface area (Å²) in [5, 5.41) is 0. The normalized spacial score (nSPS) is 25.5. The summed E-state index contributed by atoms with van der Waals surface area (Å²) >= 11 is 0. The first-order chi connectivity index (χ1) is 11.0. The summed E-state index contributed by atoms with van der Waals surface area (Å²) in [5.41, 5.74) is 3.17. The number of carbonyl (C=O) groups excluding carboxylic acids is 1. The van der Waals surface area contributed by atoms with Crippen LogP contribution in [0, 0.1) is 5.41 Å². The lowest BCUT2D eigenvalue weighted by Crippen LogP contribution is -2.44. The van der Waals surface area contributed by atoms with Crippen LogP contribution in [0.25, 0.3) is 0 Å². The highest BCUT2D eigenvalue weighted by Gasteiger charge is 2.41. The van der Waals surface area contributed by atoms with E-state index in [1.807, 2.05) is 4.90 Å². The smallest absolute Gasteiger partial charge is 0.219 e. The Balaban J connectivity index is 1.62. The maximum absolute atomic E-state index is 11.6. The van der Waals surface area contributed by atoms with Gasteiger partial charge in [0.1, 0.15) is 0 Å². The van der Waals surface area contributed by atoms with Gasteiger partial charge in [-0.15, -0.1) is 0 Å². The first kappa shape index (κ1) is 16.5. The highest BCUT2D eigenvalue weighted by atomic mass is 16.2. The zero-order valence-corrected chi connectivity index (χ0v) is 14.8. The maximum Gasteiger partial charge on any atom is 0.219 e. The Bertz CT molecular complexity index is 551. The lowest BCUT2D eigenvalue weighted by Gasteiger charge is -2.40. The molecule has 126 valence electrons. The van der Waals surface area contributed by atoms with Gasteiger partial charge < -0.3 is 4.90 Å². The number of amides is 1. The summed E-state index contributed by atoms with van der Waals surface area (Å²) in [4.78, 5) is 16.3. The first-order valence-electron chi connectivity index (χ1n) is 9.04. The number of carbonyl (C=O) groups is 1. The van der Waals surface area contributed by atoms with E-state index in [9.17, 15) is 4.79 Å². The van der Waals surface area contributed by atoms with Crippen molar-refractivity contribution in [3.8, 4) is 0 Å². The van der Waals surface area contributed by atoms with Crippen LogP contribution >= 0.6 is 0 Å². The van der Waals surface area contributed by atoms with Crippen LogP contribution in [0.2, 0.25) is 0 Å². The molecule has 0 aliphatic carbocycles. The summed E-state index contributed by atoms with van der Waals surface area (Å²) in [6.45, 7) is 11.5. The Morgan fingerprint density at radius 3 is 2.48 bits per heavy atom. The van der Waals surface area contributed by atoms with Gasteiger partial charge in [0.25, 0.3) is 0 Å². The van der Waals surface area contributed by atoms with E-state index in [0.717, 1.165) is 26.2 Å². The third kappa shape index (κ3) is 3.77. The average Bonchev–Trinajstić information content (AvgIpc) is 2.91. The van der Waals surface area contributed by atoms with Crippen molar-refractivity contribution < 1.29 is 4.79 Å². The van der Waals surface area contributed by atoms with Crippen molar-refractivity contribution in [1.29, 1.82) is 0 Å². The minimum atomic E-state index is 0.239. The van der Waals surface area contributed by atoms with E-state index >= 15 is 0 Å². The summed E-state index contributed by atoms with van der Waals surface area (Å²) < 4.78 is 0. The van der Waals surface area contributed by atoms with Crippen LogP contribution in [0.15, 0.2) is 24.3 Å². The zero-order valence-electron chi connectivity index (χ0n) is 14.8. The number of likely N-dealkylation sites (tertiary alicyclic amines) is 2. The Morgan fingerprint density at radius 2 is 1.87 bits per heavy atom. The Labute approximate surface area is 140 Å². The number of hydrogen-bond donors (Lipinski definition) is 0. The molecule has 1 atom stereocenters. The second kappa shape index (κ2) is 6.64. The molecule has 1 unspecified atom stereocenters. The molecule has 1 aromatic carbocycles. The lowest BCUT2D eigenvalue weighted by atomic mass is 9.79. The quantitative estimate of drug-likeness (QED) is 0.850. The van der Waals surface area contributed by atoms with Gasteiger partial charge in [-0.2, -0.15) is 0 Å². The summed E-state index contributed by atoms with van der Waals surface area (Å²) in [6.07, 6.45) is 3.71. The van der Waals surface area contributed by atoms with Crippen molar-refractivity contribution in [2.45, 2.75) is 52.5 Å². The molecule has 0 saturated carbocycles. The van der Waals surface area contributed by atoms with Crippen LogP contribution in [0.5, 0.6) is 0 Å². The minimum absolute atomic E-state index is 0.239. The topological polar surface area (TPSA) is 23.6 Å². The summed E-state index contributed by atoms with van der Waals surface area (Å²) in [7, 11) is 0. The van der Waals surface area contributed by atoms with Gasteiger partial charge >= 0.3 is 0 Å². The fourth-order valence-corrected chi connectivity index (χ4v) is 4.25. The van der Waals surface area contributed by atoms with Crippen molar-refractivity contribution >= 4 is 5.91 Å². The number of piperidine rings is 1. The maximum atomic E-state index is 11.6. The number of rotatable bonds is 3. The van der Waals surface area contributed by atoms with Crippen molar-refractivity contribution in [3.05, 3.63) is 35.4 Å². The summed E-state index contributed by atoms with van der Waals surface area (Å²) in [5.74, 6) is 0.835. The fourth-order valence-electron chi connectivity index (χ4n) is 4.25. The molecule has 0 bridgehead atoms. The van der Waals surface area contributed by atoms with Gasteiger partial charge in [0.2, 0.25) is 5.91 Å². The molecule has 1 spiro atoms. The standard InChI is InChI=1S/C20H30N2O/c1-16(2)19-7-5-18(6-8-19)13-21-11-4-9-20(14-21)10-12-22(15-20)17(3)23/h5-8,16H,4,9-15H2,1-3H3. The SMILES string of the molecule is CC(=O)N1CCC2(CCCN(Cc3ccc(C(C)C)cc3)C2)C1. The van der Waals surface area contributed by atoms with Crippen LogP contribution in [-0.2, 0) is 11.3 Å². The fraction of sp³-hybridized carbons (Fsp3) is 0.650. The van der Waals surface area contributed by atoms with Crippen LogP contribution in [0.1, 0.15) is 57.1 Å². The van der Waals surface area contributed by atoms with E-state index in [1.165, 1.54) is 36.9 Å². The molecule has 2 aliphatic heterocycles. The predicted octanol–water partition coefficient (Wildman–Crippen LogP) is 3.64. The van der Waals surface area contributed by atoms with E-state index in [2.05, 4.69) is 43.0 Å². The molecular formula is C20H30N2O. The second-order valence-electron chi connectivity index (χ2n) is 7.90. The van der Waals surface area contributed by atoms with Crippen molar-refractivity contribution in [1.82, 2.24) is 9.80 Å². The minimum Gasteiger partial charge on any atom is -0.342 e. The van der Waals surface area contributed by atoms with Crippen LogP contribution in [0.3, 0.4) is 0 Å². The van der Waals surface area contributed by atoms with E-state index in [4.69, 9.17) is 0 Å². The second-order valence-corrected chi connectivity index (χ2v) is 7.90. The molecule has 1 aromatic rings. The molecule has 3 heteroatoms. The molecule has 23 heavy (non-hydrogen) atoms. The van der Waals surface area contributed by atoms with E-state index < -0.39 is 0 Å². The van der Waals surface area contributed by atoms with Crippen molar-refractivity contribution in [3.63, 3.8) is 0 Å². The lowest BCUT2D eigenvalue weighted by molar-refractivity contribution is -0.128. The molecule has 2 aliphatic rings. The number of benzene rings is 1. The van der Waals surface area contributed by atoms with Gasteiger partial charge in [-0.3, -0.25) is 9.69 Å². The highest BCUT2D eigenvalue weighted by Crippen LogP contribution is 2.39. The van der Waals surface area contributed by atoms with E-state index in [-0.39, 0.29) is 5.91 Å². The van der Waals surface area contributed by atoms with Gasteiger partial charge in [-0.05, 0) is 42.9 Å². The number of hydrogen-bond acceptors (Lipinski definition) is 2.